The lowest BCUT2D eigenvalue weighted by Gasteiger charge is -2.29. The fourth-order valence-electron chi connectivity index (χ4n) is 2.27. The molecule has 25 heavy (non-hydrogen) atoms. The van der Waals surface area contributed by atoms with Gasteiger partial charge in [-0.3, -0.25) is 4.98 Å². The van der Waals surface area contributed by atoms with Gasteiger partial charge in [-0.15, -0.1) is 0 Å². The second-order valence-corrected chi connectivity index (χ2v) is 5.67. The maximum Gasteiger partial charge on any atom is 0.407 e. The SMILES string of the molecule is C=C/C=C(C)/N=C(/c1cccnc1)N(C)C(C)OCC1CNC(=O)O1. The smallest absolute Gasteiger partial charge is 0.407 e. The van der Waals surface area contributed by atoms with Gasteiger partial charge in [-0.25, -0.2) is 9.79 Å². The number of ether oxygens (including phenoxy) is 2. The number of alkyl carbamates (subject to hydrolysis) is 1. The van der Waals surface area contributed by atoms with Crippen LogP contribution in [0, 0.1) is 0 Å². The van der Waals surface area contributed by atoms with Crippen LogP contribution >= 0.6 is 0 Å². The summed E-state index contributed by atoms with van der Waals surface area (Å²) in [5, 5.41) is 2.61. The van der Waals surface area contributed by atoms with Crippen LogP contribution < -0.4 is 5.32 Å². The van der Waals surface area contributed by atoms with Gasteiger partial charge < -0.3 is 19.7 Å². The minimum absolute atomic E-state index is 0.269. The van der Waals surface area contributed by atoms with E-state index in [1.807, 2.05) is 44.0 Å². The van der Waals surface area contributed by atoms with Crippen LogP contribution in [0.4, 0.5) is 4.79 Å². The second kappa shape index (κ2) is 8.98. The quantitative estimate of drug-likeness (QED) is 0.355. The van der Waals surface area contributed by atoms with Crippen molar-refractivity contribution in [2.45, 2.75) is 26.2 Å². The zero-order valence-corrected chi connectivity index (χ0v) is 14.8. The van der Waals surface area contributed by atoms with E-state index in [0.29, 0.717) is 13.2 Å². The molecule has 2 rings (SSSR count). The average Bonchev–Trinajstić information content (AvgIpc) is 3.03. The third-order valence-corrected chi connectivity index (χ3v) is 3.71. The number of nitrogens with one attached hydrogen (secondary N) is 1. The van der Waals surface area contributed by atoms with Gasteiger partial charge in [0, 0.05) is 30.7 Å². The predicted octanol–water partition coefficient (Wildman–Crippen LogP) is 2.32. The highest BCUT2D eigenvalue weighted by molar-refractivity contribution is 5.99. The summed E-state index contributed by atoms with van der Waals surface area (Å²) in [5.41, 5.74) is 1.70. The molecule has 1 fully saturated rings. The molecule has 1 saturated heterocycles. The number of aromatic nitrogens is 1. The van der Waals surface area contributed by atoms with Gasteiger partial charge >= 0.3 is 6.09 Å². The Morgan fingerprint density at radius 1 is 1.68 bits per heavy atom. The number of hydrogen-bond acceptors (Lipinski definition) is 5. The molecule has 0 aliphatic carbocycles. The van der Waals surface area contributed by atoms with E-state index in [-0.39, 0.29) is 12.3 Å². The van der Waals surface area contributed by atoms with E-state index in [4.69, 9.17) is 9.47 Å². The van der Waals surface area contributed by atoms with E-state index in [2.05, 4.69) is 21.9 Å². The van der Waals surface area contributed by atoms with Crippen molar-refractivity contribution in [1.29, 1.82) is 0 Å². The van der Waals surface area contributed by atoms with Crippen molar-refractivity contribution >= 4 is 11.9 Å². The maximum absolute atomic E-state index is 11.1. The fraction of sp³-hybridized carbons (Fsp3) is 0.389. The van der Waals surface area contributed by atoms with Crippen molar-refractivity contribution < 1.29 is 14.3 Å². The molecule has 2 atom stereocenters. The molecule has 0 spiro atoms. The van der Waals surface area contributed by atoms with Crippen LogP contribution in [-0.2, 0) is 9.47 Å². The molecule has 0 bridgehead atoms. The van der Waals surface area contributed by atoms with Gasteiger partial charge in [-0.2, -0.15) is 0 Å². The lowest BCUT2D eigenvalue weighted by Crippen LogP contribution is -2.39. The van der Waals surface area contributed by atoms with Crippen LogP contribution in [-0.4, -0.2) is 54.3 Å². The molecule has 1 aromatic rings. The molecule has 134 valence electrons. The van der Waals surface area contributed by atoms with Gasteiger partial charge in [-0.05, 0) is 32.1 Å². The molecule has 2 unspecified atom stereocenters. The number of amidine groups is 1. The van der Waals surface area contributed by atoms with Gasteiger partial charge in [0.15, 0.2) is 0 Å². The van der Waals surface area contributed by atoms with Crippen molar-refractivity contribution in [3.63, 3.8) is 0 Å². The predicted molar refractivity (Wildman–Crippen MR) is 96.2 cm³/mol. The number of amides is 1. The van der Waals surface area contributed by atoms with Crippen LogP contribution in [0.3, 0.4) is 0 Å². The Balaban J connectivity index is 2.11. The molecule has 0 radical (unpaired) electrons. The normalized spacial score (nSPS) is 19.2. The lowest BCUT2D eigenvalue weighted by atomic mass is 10.2. The number of pyridine rings is 1. The van der Waals surface area contributed by atoms with E-state index < -0.39 is 6.09 Å². The van der Waals surface area contributed by atoms with Crippen molar-refractivity contribution in [2.24, 2.45) is 4.99 Å². The summed E-state index contributed by atoms with van der Waals surface area (Å²) in [6.45, 7) is 8.29. The Kier molecular flexibility index (Phi) is 6.71. The summed E-state index contributed by atoms with van der Waals surface area (Å²) in [4.78, 5) is 21.8. The summed E-state index contributed by atoms with van der Waals surface area (Å²) in [5.74, 6) is 0.734. The molecular weight excluding hydrogens is 320 g/mol. The highest BCUT2D eigenvalue weighted by Gasteiger charge is 2.24. The molecular formula is C18H24N4O3. The van der Waals surface area contributed by atoms with Crippen LogP contribution in [0.25, 0.3) is 0 Å². The van der Waals surface area contributed by atoms with E-state index in [0.717, 1.165) is 17.1 Å². The number of carbonyl (C=O) groups excluding carboxylic acids is 1. The third-order valence-electron chi connectivity index (χ3n) is 3.71. The number of nitrogens with zero attached hydrogens (tertiary/aromatic N) is 3. The molecule has 2 heterocycles. The minimum atomic E-state index is -0.405. The maximum atomic E-state index is 11.1. The molecule has 1 N–H and O–H groups in total. The standard InChI is InChI=1S/C18H24N4O3/c1-5-7-13(2)21-17(15-8-6-9-19-10-15)22(4)14(3)24-12-16-11-20-18(23)25-16/h5-10,14,16H,1,11-12H2,2-4H3,(H,20,23)/b13-7+,21-17-. The first-order chi connectivity index (χ1) is 12.0. The molecule has 1 aliphatic rings. The highest BCUT2D eigenvalue weighted by atomic mass is 16.6. The monoisotopic (exact) mass is 344 g/mol. The zero-order chi connectivity index (χ0) is 18.2. The Labute approximate surface area is 148 Å². The van der Waals surface area contributed by atoms with E-state index in [1.54, 1.807) is 18.5 Å². The first-order valence-electron chi connectivity index (χ1n) is 8.08. The van der Waals surface area contributed by atoms with E-state index in [9.17, 15) is 4.79 Å². The molecule has 0 aromatic carbocycles. The van der Waals surface area contributed by atoms with Gasteiger partial charge in [0.2, 0.25) is 0 Å². The Hall–Kier alpha value is -2.67. The average molecular weight is 344 g/mol. The van der Waals surface area contributed by atoms with Crippen LogP contribution in [0.1, 0.15) is 19.4 Å². The number of cyclic esters (lactones) is 1. The first-order valence-corrected chi connectivity index (χ1v) is 8.08. The van der Waals surface area contributed by atoms with Crippen LogP contribution in [0.2, 0.25) is 0 Å². The summed E-state index contributed by atoms with van der Waals surface area (Å²) in [6, 6.07) is 3.80. The molecule has 7 heteroatoms. The van der Waals surface area contributed by atoms with Crippen LogP contribution in [0.5, 0.6) is 0 Å². The van der Waals surface area contributed by atoms with Gasteiger partial charge in [0.1, 0.15) is 18.2 Å². The Morgan fingerprint density at radius 3 is 3.08 bits per heavy atom. The zero-order valence-electron chi connectivity index (χ0n) is 14.8. The molecule has 1 amide bonds. The van der Waals surface area contributed by atoms with Gasteiger partial charge in [-0.1, -0.05) is 12.7 Å². The Morgan fingerprint density at radius 2 is 2.48 bits per heavy atom. The topological polar surface area (TPSA) is 76.0 Å². The molecule has 1 aromatic heterocycles. The third kappa shape index (κ3) is 5.42. The first kappa shape index (κ1) is 18.7. The van der Waals surface area contributed by atoms with Crippen molar-refractivity contribution in [2.75, 3.05) is 20.2 Å². The lowest BCUT2D eigenvalue weighted by molar-refractivity contribution is -0.0381. The van der Waals surface area contributed by atoms with Gasteiger partial charge in [0.25, 0.3) is 0 Å². The van der Waals surface area contributed by atoms with E-state index >= 15 is 0 Å². The molecule has 1 aliphatic heterocycles. The number of rotatable bonds is 7. The second-order valence-electron chi connectivity index (χ2n) is 5.67. The number of allylic oxidation sites excluding steroid dienone is 3. The summed E-state index contributed by atoms with van der Waals surface area (Å²) in [6.07, 6.45) is 6.05. The fourth-order valence-corrected chi connectivity index (χ4v) is 2.27. The number of hydrogen-bond donors (Lipinski definition) is 1. The minimum Gasteiger partial charge on any atom is -0.442 e. The van der Waals surface area contributed by atoms with Crippen molar-refractivity contribution in [1.82, 2.24) is 15.2 Å². The van der Waals surface area contributed by atoms with E-state index in [1.165, 1.54) is 0 Å². The number of carbonyl (C=O) groups is 1. The Bertz CT molecular complexity index is 658. The molecule has 7 nitrogen and oxygen atoms in total. The summed E-state index contributed by atoms with van der Waals surface area (Å²) >= 11 is 0. The van der Waals surface area contributed by atoms with Gasteiger partial charge in [0.05, 0.1) is 13.2 Å². The molecule has 0 saturated carbocycles. The van der Waals surface area contributed by atoms with Crippen LogP contribution in [0.15, 0.2) is 53.9 Å². The largest absolute Gasteiger partial charge is 0.442 e. The van der Waals surface area contributed by atoms with Crippen molar-refractivity contribution in [3.8, 4) is 0 Å². The summed E-state index contributed by atoms with van der Waals surface area (Å²) in [7, 11) is 1.90. The van der Waals surface area contributed by atoms with Crippen molar-refractivity contribution in [3.05, 3.63) is 54.5 Å². The number of aliphatic imine (C=N–C) groups is 1. The summed E-state index contributed by atoms with van der Waals surface area (Å²) < 4.78 is 10.9. The highest BCUT2D eigenvalue weighted by Crippen LogP contribution is 2.12.